The molecule has 0 amide bonds. The molecular weight excluding hydrogens is 707 g/mol. The van der Waals surface area contributed by atoms with Gasteiger partial charge in [0.2, 0.25) is 0 Å². The number of methoxy groups -OCH3 is 2. The Bertz CT molecular complexity index is 2270. The molecule has 6 rings (SSSR count). The SMILES string of the molecule is CCOC(=O)C1=C(c2ccccc2)N=c2s/c(=C\c3cc(Cl)ccc3OCc3ccc(Cl)c(Cl)c3)c(=O)n2[C@@H]1c1ccc(OC)c(OC)c1. The van der Waals surface area contributed by atoms with Gasteiger partial charge in [0.05, 0.1) is 52.7 Å². The molecule has 49 heavy (non-hydrogen) atoms. The van der Waals surface area contributed by atoms with Crippen LogP contribution in [0.3, 0.4) is 0 Å². The summed E-state index contributed by atoms with van der Waals surface area (Å²) < 4.78 is 24.7. The van der Waals surface area contributed by atoms with Crippen LogP contribution in [-0.2, 0) is 16.1 Å². The highest BCUT2D eigenvalue weighted by molar-refractivity contribution is 7.07. The zero-order valence-corrected chi connectivity index (χ0v) is 29.6. The Morgan fingerprint density at radius 2 is 1.65 bits per heavy atom. The van der Waals surface area contributed by atoms with Crippen LogP contribution in [0.4, 0.5) is 0 Å². The van der Waals surface area contributed by atoms with Crippen LogP contribution in [0.2, 0.25) is 15.1 Å². The van der Waals surface area contributed by atoms with Crippen LogP contribution in [0.1, 0.15) is 35.2 Å². The number of hydrogen-bond acceptors (Lipinski definition) is 8. The monoisotopic (exact) mass is 734 g/mol. The second-order valence-corrected chi connectivity index (χ2v) is 13.0. The molecule has 8 nitrogen and oxygen atoms in total. The molecule has 1 aliphatic rings. The molecule has 4 aromatic carbocycles. The van der Waals surface area contributed by atoms with Crippen molar-refractivity contribution in [2.45, 2.75) is 19.6 Å². The maximum Gasteiger partial charge on any atom is 0.338 e. The summed E-state index contributed by atoms with van der Waals surface area (Å²) in [6.07, 6.45) is 1.71. The molecule has 5 aromatic rings. The summed E-state index contributed by atoms with van der Waals surface area (Å²) in [6.45, 7) is 2.06. The first-order valence-corrected chi connectivity index (χ1v) is 17.0. The molecule has 0 unspecified atom stereocenters. The average Bonchev–Trinajstić information content (AvgIpc) is 3.42. The maximum absolute atomic E-state index is 14.4. The number of thiazole rings is 1. The van der Waals surface area contributed by atoms with E-state index in [4.69, 9.17) is 58.7 Å². The van der Waals surface area contributed by atoms with Gasteiger partial charge in [-0.2, -0.15) is 0 Å². The Kier molecular flexibility index (Phi) is 10.5. The molecule has 0 saturated carbocycles. The molecule has 0 N–H and O–H groups in total. The third-order valence-corrected chi connectivity index (χ3v) is 9.69. The fraction of sp³-hybridized carbons (Fsp3) is 0.162. The van der Waals surface area contributed by atoms with Crippen molar-refractivity contribution in [3.05, 3.63) is 148 Å². The Labute approximate surface area is 301 Å². The molecule has 0 spiro atoms. The number of nitrogens with zero attached hydrogens (tertiary/aromatic N) is 2. The number of halogens is 3. The first-order valence-electron chi connectivity index (χ1n) is 15.1. The maximum atomic E-state index is 14.4. The van der Waals surface area contributed by atoms with Crippen molar-refractivity contribution in [3.8, 4) is 17.2 Å². The summed E-state index contributed by atoms with van der Waals surface area (Å²) in [7, 11) is 3.06. The van der Waals surface area contributed by atoms with Crippen molar-refractivity contribution >= 4 is 63.9 Å². The van der Waals surface area contributed by atoms with E-state index in [1.807, 2.05) is 36.4 Å². The van der Waals surface area contributed by atoms with Gasteiger partial charge in [0.15, 0.2) is 16.3 Å². The molecule has 1 aliphatic heterocycles. The minimum Gasteiger partial charge on any atom is -0.493 e. The van der Waals surface area contributed by atoms with Crippen LogP contribution >= 0.6 is 46.1 Å². The van der Waals surface area contributed by atoms with E-state index in [1.54, 1.807) is 61.5 Å². The summed E-state index contributed by atoms with van der Waals surface area (Å²) in [5.41, 5.74) is 2.94. The Balaban J connectivity index is 1.55. The van der Waals surface area contributed by atoms with Gasteiger partial charge in [-0.05, 0) is 66.6 Å². The predicted molar refractivity (Wildman–Crippen MR) is 193 cm³/mol. The molecule has 12 heteroatoms. The van der Waals surface area contributed by atoms with E-state index < -0.39 is 12.0 Å². The number of benzene rings is 4. The van der Waals surface area contributed by atoms with Gasteiger partial charge in [0, 0.05) is 16.1 Å². The largest absolute Gasteiger partial charge is 0.493 e. The minimum absolute atomic E-state index is 0.132. The van der Waals surface area contributed by atoms with Crippen molar-refractivity contribution in [2.75, 3.05) is 20.8 Å². The average molecular weight is 736 g/mol. The first-order chi connectivity index (χ1) is 23.7. The number of esters is 1. The highest BCUT2D eigenvalue weighted by Crippen LogP contribution is 2.38. The van der Waals surface area contributed by atoms with E-state index in [0.29, 0.717) is 64.0 Å². The van der Waals surface area contributed by atoms with Gasteiger partial charge in [0.25, 0.3) is 5.56 Å². The molecule has 0 saturated heterocycles. The molecule has 0 fully saturated rings. The van der Waals surface area contributed by atoms with Crippen LogP contribution in [0.5, 0.6) is 17.2 Å². The van der Waals surface area contributed by atoms with Crippen LogP contribution in [0.25, 0.3) is 11.8 Å². The van der Waals surface area contributed by atoms with Crippen LogP contribution in [0, 0.1) is 0 Å². The second kappa shape index (κ2) is 14.9. The van der Waals surface area contributed by atoms with Gasteiger partial charge in [-0.15, -0.1) is 0 Å². The summed E-state index contributed by atoms with van der Waals surface area (Å²) in [4.78, 5) is 33.6. The summed E-state index contributed by atoms with van der Waals surface area (Å²) in [5.74, 6) is 0.839. The van der Waals surface area contributed by atoms with Crippen molar-refractivity contribution in [2.24, 2.45) is 4.99 Å². The standard InChI is InChI=1S/C37H29Cl3N2O6S/c1-4-47-36(44)32-33(22-8-6-5-7-9-22)41-37-42(34(32)23-11-14-29(45-2)30(18-23)46-3)35(43)31(49-37)19-24-17-25(38)12-15-28(24)48-20-21-10-13-26(39)27(40)16-21/h5-19,34H,4,20H2,1-3H3/b31-19-/t34-/m1/s1. The number of aromatic nitrogens is 1. The van der Waals surface area contributed by atoms with Gasteiger partial charge in [-0.25, -0.2) is 9.79 Å². The molecule has 0 aliphatic carbocycles. The van der Waals surface area contributed by atoms with Crippen molar-refractivity contribution in [1.29, 1.82) is 0 Å². The molecule has 1 aromatic heterocycles. The third kappa shape index (κ3) is 7.12. The number of hydrogen-bond donors (Lipinski definition) is 0. The van der Waals surface area contributed by atoms with Crippen LogP contribution in [0.15, 0.2) is 100 Å². The summed E-state index contributed by atoms with van der Waals surface area (Å²) >= 11 is 19.9. The molecule has 0 bridgehead atoms. The number of rotatable bonds is 10. The third-order valence-electron chi connectivity index (χ3n) is 7.73. The van der Waals surface area contributed by atoms with Crippen LogP contribution < -0.4 is 29.1 Å². The fourth-order valence-corrected chi connectivity index (χ4v) is 6.97. The second-order valence-electron chi connectivity index (χ2n) is 10.8. The number of fused-ring (bicyclic) bond motifs is 1. The van der Waals surface area contributed by atoms with Crippen molar-refractivity contribution in [1.82, 2.24) is 4.57 Å². The quantitative estimate of drug-likeness (QED) is 0.138. The van der Waals surface area contributed by atoms with E-state index in [9.17, 15) is 9.59 Å². The number of ether oxygens (including phenoxy) is 4. The highest BCUT2D eigenvalue weighted by Gasteiger charge is 2.35. The van der Waals surface area contributed by atoms with E-state index in [2.05, 4.69) is 0 Å². The van der Waals surface area contributed by atoms with E-state index >= 15 is 0 Å². The summed E-state index contributed by atoms with van der Waals surface area (Å²) in [5, 5.41) is 1.32. The summed E-state index contributed by atoms with van der Waals surface area (Å²) in [6, 6.07) is 24.1. The smallest absolute Gasteiger partial charge is 0.338 e. The fourth-order valence-electron chi connectivity index (χ4n) is 5.47. The van der Waals surface area contributed by atoms with E-state index in [1.165, 1.54) is 30.1 Å². The zero-order valence-electron chi connectivity index (χ0n) is 26.5. The van der Waals surface area contributed by atoms with Gasteiger partial charge in [-0.1, -0.05) is 88.6 Å². The molecule has 0 radical (unpaired) electrons. The first kappa shape index (κ1) is 34.3. The lowest BCUT2D eigenvalue weighted by Gasteiger charge is -2.26. The Morgan fingerprint density at radius 3 is 2.37 bits per heavy atom. The van der Waals surface area contributed by atoms with Crippen LogP contribution in [-0.4, -0.2) is 31.4 Å². The molecule has 250 valence electrons. The topological polar surface area (TPSA) is 88.4 Å². The van der Waals surface area contributed by atoms with Crippen molar-refractivity contribution < 1.29 is 23.7 Å². The number of carbonyl (C=O) groups excluding carboxylic acids is 1. The molecule has 2 heterocycles. The molecular formula is C37H29Cl3N2O6S. The normalized spacial score (nSPS) is 14.2. The van der Waals surface area contributed by atoms with Gasteiger partial charge in [-0.3, -0.25) is 9.36 Å². The molecule has 1 atom stereocenters. The lowest BCUT2D eigenvalue weighted by atomic mass is 9.93. The van der Waals surface area contributed by atoms with Crippen molar-refractivity contribution in [3.63, 3.8) is 0 Å². The van der Waals surface area contributed by atoms with E-state index in [0.717, 1.165) is 5.56 Å². The van der Waals surface area contributed by atoms with Gasteiger partial charge < -0.3 is 18.9 Å². The van der Waals surface area contributed by atoms with Gasteiger partial charge >= 0.3 is 5.97 Å². The van der Waals surface area contributed by atoms with Gasteiger partial charge in [0.1, 0.15) is 12.4 Å². The zero-order chi connectivity index (χ0) is 34.7. The minimum atomic E-state index is -0.905. The van der Waals surface area contributed by atoms with E-state index in [-0.39, 0.29) is 24.3 Å². The lowest BCUT2D eigenvalue weighted by Crippen LogP contribution is -2.40. The highest BCUT2D eigenvalue weighted by atomic mass is 35.5. The lowest BCUT2D eigenvalue weighted by molar-refractivity contribution is -0.138. The Hall–Kier alpha value is -4.54. The Morgan fingerprint density at radius 1 is 0.898 bits per heavy atom. The predicted octanol–water partition coefficient (Wildman–Crippen LogP) is 7.49. The number of carbonyl (C=O) groups is 1.